The van der Waals surface area contributed by atoms with Gasteiger partial charge in [0.15, 0.2) is 24.2 Å². The minimum absolute atomic E-state index is 0.0577. The summed E-state index contributed by atoms with van der Waals surface area (Å²) in [4.78, 5) is 0. The number of hydrogen-bond acceptors (Lipinski definition) is 4. The fourth-order valence-electron chi connectivity index (χ4n) is 3.82. The third-order valence-electron chi connectivity index (χ3n) is 5.17. The van der Waals surface area contributed by atoms with Crippen molar-refractivity contribution in [3.8, 4) is 22.8 Å². The summed E-state index contributed by atoms with van der Waals surface area (Å²) in [5.74, 6) is 1.45. The maximum Gasteiger partial charge on any atom is 0.213 e. The lowest BCUT2D eigenvalue weighted by Gasteiger charge is -2.19. The van der Waals surface area contributed by atoms with E-state index in [1.165, 1.54) is 5.56 Å². The molecule has 0 amide bonds. The molecule has 0 spiro atoms. The molecule has 2 aromatic carbocycles. The van der Waals surface area contributed by atoms with E-state index in [2.05, 4.69) is 16.8 Å². The van der Waals surface area contributed by atoms with Gasteiger partial charge in [0.2, 0.25) is 5.69 Å². The monoisotopic (exact) mass is 352 g/mol. The zero-order chi connectivity index (χ0) is 18.3. The summed E-state index contributed by atoms with van der Waals surface area (Å²) in [6, 6.07) is 10.1. The van der Waals surface area contributed by atoms with E-state index in [4.69, 9.17) is 9.47 Å². The van der Waals surface area contributed by atoms with Gasteiger partial charge in [0.1, 0.15) is 0 Å². The molecule has 4 rings (SSSR count). The van der Waals surface area contributed by atoms with E-state index in [0.29, 0.717) is 5.75 Å². The Hall–Kier alpha value is -2.63. The molecule has 1 aliphatic rings. The summed E-state index contributed by atoms with van der Waals surface area (Å²) in [5.41, 5.74) is 4.98. The van der Waals surface area contributed by atoms with E-state index in [-0.39, 0.29) is 13.2 Å². The Bertz CT molecular complexity index is 997. The molecule has 5 nitrogen and oxygen atoms in total. The smallest absolute Gasteiger partial charge is 0.213 e. The highest BCUT2D eigenvalue weighted by Crippen LogP contribution is 2.37. The predicted octanol–water partition coefficient (Wildman–Crippen LogP) is 2.35. The Morgan fingerprint density at radius 1 is 1.00 bits per heavy atom. The van der Waals surface area contributed by atoms with Crippen LogP contribution in [0.5, 0.6) is 11.5 Å². The van der Waals surface area contributed by atoms with Gasteiger partial charge in [-0.15, -0.1) is 0 Å². The molecule has 5 heteroatoms. The Balaban J connectivity index is 1.96. The maximum absolute atomic E-state index is 9.65. The van der Waals surface area contributed by atoms with Crippen molar-refractivity contribution in [3.63, 3.8) is 0 Å². The first-order valence-electron chi connectivity index (χ1n) is 8.65. The number of rotatable bonds is 4. The van der Waals surface area contributed by atoms with Gasteiger partial charge < -0.3 is 19.7 Å². The van der Waals surface area contributed by atoms with E-state index in [1.807, 2.05) is 24.3 Å². The highest BCUT2D eigenvalue weighted by atomic mass is 16.5. The SMILES string of the molecule is COc1ccc2cc3[n+](cc2c1OC)CCc1cc(CO)c(CO)cc1-3. The van der Waals surface area contributed by atoms with Gasteiger partial charge >= 0.3 is 0 Å². The lowest BCUT2D eigenvalue weighted by atomic mass is 9.91. The second-order valence-corrected chi connectivity index (χ2v) is 6.50. The van der Waals surface area contributed by atoms with Crippen LogP contribution in [0.25, 0.3) is 22.0 Å². The van der Waals surface area contributed by atoms with Crippen LogP contribution in [0.3, 0.4) is 0 Å². The maximum atomic E-state index is 9.65. The zero-order valence-corrected chi connectivity index (χ0v) is 15.0. The van der Waals surface area contributed by atoms with Crippen molar-refractivity contribution in [2.24, 2.45) is 0 Å². The zero-order valence-electron chi connectivity index (χ0n) is 15.0. The fourth-order valence-corrected chi connectivity index (χ4v) is 3.82. The van der Waals surface area contributed by atoms with E-state index in [1.54, 1.807) is 14.2 Å². The van der Waals surface area contributed by atoms with Crippen LogP contribution in [0.1, 0.15) is 16.7 Å². The van der Waals surface area contributed by atoms with Crippen LogP contribution in [0.15, 0.2) is 36.5 Å². The van der Waals surface area contributed by atoms with Gasteiger partial charge in [-0.3, -0.25) is 0 Å². The number of hydrogen-bond donors (Lipinski definition) is 2. The Morgan fingerprint density at radius 3 is 2.46 bits per heavy atom. The van der Waals surface area contributed by atoms with Gasteiger partial charge in [-0.2, -0.15) is 4.57 Å². The molecule has 0 unspecified atom stereocenters. The van der Waals surface area contributed by atoms with Gasteiger partial charge in [-0.1, -0.05) is 6.07 Å². The minimum Gasteiger partial charge on any atom is -0.493 e. The molecule has 1 aromatic heterocycles. The molecular formula is C21H22NO4+. The number of nitrogens with zero attached hydrogens (tertiary/aromatic N) is 1. The number of pyridine rings is 1. The second kappa shape index (κ2) is 6.59. The van der Waals surface area contributed by atoms with Crippen molar-refractivity contribution in [1.82, 2.24) is 0 Å². The molecule has 2 heterocycles. The quantitative estimate of drug-likeness (QED) is 0.708. The van der Waals surface area contributed by atoms with Crippen LogP contribution < -0.4 is 14.0 Å². The molecule has 0 aliphatic carbocycles. The predicted molar refractivity (Wildman–Crippen MR) is 98.2 cm³/mol. The first-order valence-corrected chi connectivity index (χ1v) is 8.65. The second-order valence-electron chi connectivity index (χ2n) is 6.50. The molecule has 0 bridgehead atoms. The molecular weight excluding hydrogens is 330 g/mol. The molecule has 0 saturated carbocycles. The number of methoxy groups -OCH3 is 2. The van der Waals surface area contributed by atoms with Crippen LogP contribution in [-0.4, -0.2) is 24.4 Å². The van der Waals surface area contributed by atoms with Crippen LogP contribution in [0.4, 0.5) is 0 Å². The Labute approximate surface area is 152 Å². The number of benzene rings is 2. The summed E-state index contributed by atoms with van der Waals surface area (Å²) < 4.78 is 13.2. The standard InChI is InChI=1S/C21H22NO4/c1-25-20-4-3-13-9-19-17-8-16(12-24)15(11-23)7-14(17)5-6-22(19)10-18(13)21(20)26-2/h3-4,7-10,23-24H,5-6,11-12H2,1-2H3/q+1. The van der Waals surface area contributed by atoms with E-state index in [0.717, 1.165) is 51.9 Å². The highest BCUT2D eigenvalue weighted by Gasteiger charge is 2.26. The molecule has 134 valence electrons. The molecule has 0 fully saturated rings. The van der Waals surface area contributed by atoms with Gasteiger partial charge in [0, 0.05) is 18.1 Å². The number of aliphatic hydroxyl groups excluding tert-OH is 2. The average Bonchev–Trinajstić information content (AvgIpc) is 2.70. The summed E-state index contributed by atoms with van der Waals surface area (Å²) in [6.07, 6.45) is 2.98. The minimum atomic E-state index is -0.0816. The van der Waals surface area contributed by atoms with Crippen molar-refractivity contribution in [2.45, 2.75) is 26.2 Å². The number of aromatic nitrogens is 1. The normalized spacial score (nSPS) is 12.6. The van der Waals surface area contributed by atoms with Gasteiger partial charge in [0.25, 0.3) is 0 Å². The average molecular weight is 352 g/mol. The molecule has 26 heavy (non-hydrogen) atoms. The van der Waals surface area contributed by atoms with Crippen LogP contribution in [0.2, 0.25) is 0 Å². The number of aliphatic hydroxyl groups is 2. The molecule has 2 N–H and O–H groups in total. The van der Waals surface area contributed by atoms with Gasteiger partial charge in [-0.25, -0.2) is 0 Å². The number of aryl methyl sites for hydroxylation is 2. The van der Waals surface area contributed by atoms with E-state index in [9.17, 15) is 10.2 Å². The first-order chi connectivity index (χ1) is 12.7. The van der Waals surface area contributed by atoms with E-state index < -0.39 is 0 Å². The molecule has 0 saturated heterocycles. The van der Waals surface area contributed by atoms with Crippen molar-refractivity contribution in [3.05, 3.63) is 53.2 Å². The van der Waals surface area contributed by atoms with E-state index >= 15 is 0 Å². The van der Waals surface area contributed by atoms with Crippen molar-refractivity contribution >= 4 is 10.8 Å². The molecule has 0 atom stereocenters. The number of fused-ring (bicyclic) bond motifs is 4. The molecule has 0 radical (unpaired) electrons. The summed E-state index contributed by atoms with van der Waals surface area (Å²) in [6.45, 7) is 0.710. The lowest BCUT2D eigenvalue weighted by Crippen LogP contribution is -2.40. The highest BCUT2D eigenvalue weighted by molar-refractivity contribution is 5.91. The third-order valence-corrected chi connectivity index (χ3v) is 5.17. The van der Waals surface area contributed by atoms with Crippen LogP contribution >= 0.6 is 0 Å². The molecule has 3 aromatic rings. The topological polar surface area (TPSA) is 62.8 Å². The Kier molecular flexibility index (Phi) is 4.26. The van der Waals surface area contributed by atoms with Crippen LogP contribution in [0, 0.1) is 0 Å². The summed E-state index contributed by atoms with van der Waals surface area (Å²) in [7, 11) is 3.29. The Morgan fingerprint density at radius 2 is 1.77 bits per heavy atom. The summed E-state index contributed by atoms with van der Waals surface area (Å²) >= 11 is 0. The number of ether oxygens (including phenoxy) is 2. The van der Waals surface area contributed by atoms with Crippen molar-refractivity contribution in [2.75, 3.05) is 14.2 Å². The molecule has 1 aliphatic heterocycles. The first kappa shape index (κ1) is 16.8. The largest absolute Gasteiger partial charge is 0.493 e. The fraction of sp³-hybridized carbons (Fsp3) is 0.286. The summed E-state index contributed by atoms with van der Waals surface area (Å²) in [5, 5.41) is 21.3. The lowest BCUT2D eigenvalue weighted by molar-refractivity contribution is -0.686. The van der Waals surface area contributed by atoms with Crippen LogP contribution in [-0.2, 0) is 26.2 Å². The van der Waals surface area contributed by atoms with Gasteiger partial charge in [-0.05, 0) is 40.3 Å². The van der Waals surface area contributed by atoms with Crippen molar-refractivity contribution in [1.29, 1.82) is 0 Å². The third kappa shape index (κ3) is 2.52. The van der Waals surface area contributed by atoms with Crippen molar-refractivity contribution < 1.29 is 24.3 Å². The van der Waals surface area contributed by atoms with Gasteiger partial charge in [0.05, 0.1) is 32.8 Å².